The summed E-state index contributed by atoms with van der Waals surface area (Å²) >= 11 is 1.48. The molecule has 2 aliphatic rings. The fourth-order valence-electron chi connectivity index (χ4n) is 4.07. The number of hydrogen-bond donors (Lipinski definition) is 1. The van der Waals surface area contributed by atoms with Gasteiger partial charge in [-0.05, 0) is 14.0 Å². The molecule has 0 aromatic carbocycles. The number of aryl methyl sites for hydroxylation is 1. The summed E-state index contributed by atoms with van der Waals surface area (Å²) in [6.07, 6.45) is 1.84. The quantitative estimate of drug-likeness (QED) is 0.879. The monoisotopic (exact) mass is 334 g/mol. The molecule has 0 saturated carbocycles. The van der Waals surface area contributed by atoms with Gasteiger partial charge < -0.3 is 14.9 Å². The number of carboxylic acids is 1. The molecule has 2 aromatic heterocycles. The zero-order valence-corrected chi connectivity index (χ0v) is 13.8. The Morgan fingerprint density at radius 3 is 2.87 bits per heavy atom. The van der Waals surface area contributed by atoms with Gasteiger partial charge in [-0.15, -0.1) is 11.3 Å². The van der Waals surface area contributed by atoms with Gasteiger partial charge in [0, 0.05) is 43.7 Å². The third-order valence-electron chi connectivity index (χ3n) is 5.13. The number of hydrogen-bond acceptors (Lipinski definition) is 5. The molecule has 2 aromatic rings. The number of rotatable bonds is 2. The number of carboxylic acid groups (broad SMARTS) is 1. The third kappa shape index (κ3) is 1.94. The van der Waals surface area contributed by atoms with Crippen LogP contribution in [0.4, 0.5) is 0 Å². The van der Waals surface area contributed by atoms with Crippen LogP contribution in [0.25, 0.3) is 4.96 Å². The Morgan fingerprint density at radius 2 is 2.17 bits per heavy atom. The number of likely N-dealkylation sites (tertiary alicyclic amines) is 2. The lowest BCUT2D eigenvalue weighted by atomic mass is 9.81. The number of thiazole rings is 1. The maximum Gasteiger partial charge on any atom is 0.313 e. The van der Waals surface area contributed by atoms with Crippen molar-refractivity contribution in [3.05, 3.63) is 23.0 Å². The van der Waals surface area contributed by atoms with E-state index in [9.17, 15) is 14.7 Å². The van der Waals surface area contributed by atoms with E-state index in [1.807, 2.05) is 30.4 Å². The van der Waals surface area contributed by atoms with E-state index in [2.05, 4.69) is 4.98 Å². The van der Waals surface area contributed by atoms with Crippen LogP contribution in [0.1, 0.15) is 16.2 Å². The lowest BCUT2D eigenvalue weighted by molar-refractivity contribution is -0.148. The summed E-state index contributed by atoms with van der Waals surface area (Å²) in [4.78, 5) is 33.8. The minimum Gasteiger partial charge on any atom is -0.481 e. The zero-order valence-electron chi connectivity index (χ0n) is 13.0. The minimum absolute atomic E-state index is 0.0138. The van der Waals surface area contributed by atoms with Crippen LogP contribution in [-0.2, 0) is 4.79 Å². The second kappa shape index (κ2) is 4.78. The zero-order chi connectivity index (χ0) is 16.4. The van der Waals surface area contributed by atoms with Crippen molar-refractivity contribution < 1.29 is 14.7 Å². The summed E-state index contributed by atoms with van der Waals surface area (Å²) in [7, 11) is 1.94. The average Bonchev–Trinajstić information content (AvgIpc) is 3.15. The fraction of sp³-hybridized carbons (Fsp3) is 0.533. The number of imidazole rings is 1. The highest BCUT2D eigenvalue weighted by Crippen LogP contribution is 2.42. The summed E-state index contributed by atoms with van der Waals surface area (Å²) in [6, 6.07) is 0. The molecule has 0 spiro atoms. The van der Waals surface area contributed by atoms with Crippen molar-refractivity contribution in [2.24, 2.45) is 11.3 Å². The van der Waals surface area contributed by atoms with Gasteiger partial charge >= 0.3 is 5.97 Å². The van der Waals surface area contributed by atoms with Crippen LogP contribution in [0.5, 0.6) is 0 Å². The van der Waals surface area contributed by atoms with Crippen molar-refractivity contribution in [1.82, 2.24) is 19.2 Å². The van der Waals surface area contributed by atoms with E-state index in [1.54, 1.807) is 9.30 Å². The van der Waals surface area contributed by atoms with Gasteiger partial charge in [0.25, 0.3) is 5.91 Å². The van der Waals surface area contributed by atoms with Crippen molar-refractivity contribution >= 4 is 28.2 Å². The predicted octanol–water partition coefficient (Wildman–Crippen LogP) is 0.793. The van der Waals surface area contributed by atoms with Crippen molar-refractivity contribution in [2.75, 3.05) is 33.2 Å². The molecule has 0 bridgehead atoms. The highest BCUT2D eigenvalue weighted by Gasteiger charge is 2.58. The molecule has 8 heteroatoms. The number of amides is 1. The molecular weight excluding hydrogens is 316 g/mol. The van der Waals surface area contributed by atoms with E-state index < -0.39 is 11.4 Å². The normalized spacial score (nSPS) is 27.7. The van der Waals surface area contributed by atoms with Crippen molar-refractivity contribution in [3.8, 4) is 0 Å². The van der Waals surface area contributed by atoms with Gasteiger partial charge in [0.1, 0.15) is 11.1 Å². The van der Waals surface area contributed by atoms with E-state index in [1.165, 1.54) is 11.3 Å². The Bertz CT molecular complexity index is 813. The fourth-order valence-corrected chi connectivity index (χ4v) is 4.83. The molecular formula is C15H18N4O3S. The number of nitrogens with zero attached hydrogens (tertiary/aromatic N) is 4. The van der Waals surface area contributed by atoms with Crippen molar-refractivity contribution in [3.63, 3.8) is 0 Å². The molecule has 1 N–H and O–H groups in total. The molecule has 7 nitrogen and oxygen atoms in total. The van der Waals surface area contributed by atoms with Crippen LogP contribution in [-0.4, -0.2) is 69.4 Å². The summed E-state index contributed by atoms with van der Waals surface area (Å²) < 4.78 is 1.80. The second-order valence-corrected chi connectivity index (χ2v) is 7.52. The summed E-state index contributed by atoms with van der Waals surface area (Å²) in [5.41, 5.74) is 0.409. The summed E-state index contributed by atoms with van der Waals surface area (Å²) in [5, 5.41) is 11.6. The molecule has 0 aliphatic carbocycles. The number of carbonyl (C=O) groups is 2. The van der Waals surface area contributed by atoms with Crippen LogP contribution in [0.3, 0.4) is 0 Å². The summed E-state index contributed by atoms with van der Waals surface area (Å²) in [5.74, 6) is -0.931. The maximum atomic E-state index is 13.0. The molecule has 23 heavy (non-hydrogen) atoms. The summed E-state index contributed by atoms with van der Waals surface area (Å²) in [6.45, 7) is 3.80. The van der Waals surface area contributed by atoms with E-state index in [0.717, 1.165) is 11.5 Å². The first-order valence-corrected chi connectivity index (χ1v) is 8.44. The highest BCUT2D eigenvalue weighted by molar-refractivity contribution is 7.15. The van der Waals surface area contributed by atoms with Gasteiger partial charge in [0.05, 0.1) is 5.69 Å². The van der Waals surface area contributed by atoms with Crippen LogP contribution in [0, 0.1) is 18.3 Å². The van der Waals surface area contributed by atoms with Crippen LogP contribution in [0.2, 0.25) is 0 Å². The molecule has 1 amide bonds. The van der Waals surface area contributed by atoms with E-state index >= 15 is 0 Å². The Labute approximate surface area is 137 Å². The molecule has 4 heterocycles. The van der Waals surface area contributed by atoms with Gasteiger partial charge in [-0.2, -0.15) is 0 Å². The molecule has 2 aliphatic heterocycles. The molecule has 2 saturated heterocycles. The van der Waals surface area contributed by atoms with Gasteiger partial charge in [-0.3, -0.25) is 14.0 Å². The smallest absolute Gasteiger partial charge is 0.313 e. The van der Waals surface area contributed by atoms with Gasteiger partial charge in [0.2, 0.25) is 0 Å². The maximum absolute atomic E-state index is 13.0. The Morgan fingerprint density at radius 1 is 1.39 bits per heavy atom. The van der Waals surface area contributed by atoms with Crippen LogP contribution >= 0.6 is 11.3 Å². The molecule has 4 rings (SSSR count). The van der Waals surface area contributed by atoms with Gasteiger partial charge in [0.15, 0.2) is 4.96 Å². The minimum atomic E-state index is -0.837. The van der Waals surface area contributed by atoms with Gasteiger partial charge in [-0.1, -0.05) is 0 Å². The Hall–Kier alpha value is -1.93. The third-order valence-corrected chi connectivity index (χ3v) is 5.89. The topological polar surface area (TPSA) is 78.2 Å². The van der Waals surface area contributed by atoms with E-state index in [-0.39, 0.29) is 18.4 Å². The SMILES string of the molecule is Cc1nc2sccn2c1C(=O)N1C[C@H]2CN(C)C[C@@]2(C(=O)O)C1. The lowest BCUT2D eigenvalue weighted by Crippen LogP contribution is -2.41. The molecule has 0 radical (unpaired) electrons. The van der Waals surface area contributed by atoms with E-state index in [4.69, 9.17) is 0 Å². The number of fused-ring (bicyclic) bond motifs is 2. The molecule has 122 valence electrons. The average molecular weight is 334 g/mol. The van der Waals surface area contributed by atoms with Crippen molar-refractivity contribution in [2.45, 2.75) is 6.92 Å². The Balaban J connectivity index is 1.68. The standard InChI is InChI=1S/C15H18N4O3S/c1-9-11(19-3-4-23-14(19)16-9)12(20)18-6-10-5-17(2)7-15(10,8-18)13(21)22/h3-4,10H,5-8H2,1-2H3,(H,21,22)/t10-,15-/m1/s1. The Kier molecular flexibility index (Phi) is 3.05. The number of aliphatic carboxylic acids is 1. The first-order chi connectivity index (χ1) is 10.9. The van der Waals surface area contributed by atoms with E-state index in [0.29, 0.717) is 24.5 Å². The number of aromatic nitrogens is 2. The largest absolute Gasteiger partial charge is 0.481 e. The predicted molar refractivity (Wildman–Crippen MR) is 84.8 cm³/mol. The van der Waals surface area contributed by atoms with Gasteiger partial charge in [-0.25, -0.2) is 4.98 Å². The lowest BCUT2D eigenvalue weighted by Gasteiger charge is -2.24. The van der Waals surface area contributed by atoms with Crippen molar-refractivity contribution in [1.29, 1.82) is 0 Å². The van der Waals surface area contributed by atoms with Crippen LogP contribution in [0.15, 0.2) is 11.6 Å². The van der Waals surface area contributed by atoms with Crippen LogP contribution < -0.4 is 0 Å². The first kappa shape index (κ1) is 14.6. The second-order valence-electron chi connectivity index (χ2n) is 6.64. The molecule has 2 fully saturated rings. The molecule has 0 unspecified atom stereocenters. The number of carbonyl (C=O) groups excluding carboxylic acids is 1. The highest BCUT2D eigenvalue weighted by atomic mass is 32.1. The first-order valence-electron chi connectivity index (χ1n) is 7.56. The molecule has 2 atom stereocenters.